The summed E-state index contributed by atoms with van der Waals surface area (Å²) in [5.74, 6) is -0.293. The molecule has 3 rings (SSSR count). The molecule has 0 radical (unpaired) electrons. The van der Waals surface area contributed by atoms with Crippen LogP contribution in [0, 0.1) is 10.1 Å². The van der Waals surface area contributed by atoms with Gasteiger partial charge in [0.1, 0.15) is 5.76 Å². The zero-order valence-corrected chi connectivity index (χ0v) is 16.7. The molecule has 0 spiro atoms. The lowest BCUT2D eigenvalue weighted by atomic mass is 10.3. The van der Waals surface area contributed by atoms with Crippen molar-refractivity contribution < 1.29 is 31.3 Å². The van der Waals surface area contributed by atoms with Crippen molar-refractivity contribution in [2.45, 2.75) is 16.3 Å². The first-order valence-electron chi connectivity index (χ1n) is 8.21. The first kappa shape index (κ1) is 21.3. The Morgan fingerprint density at radius 3 is 2.37 bits per heavy atom. The number of rotatable bonds is 8. The second-order valence-electron chi connectivity index (χ2n) is 5.94. The molecule has 0 unspecified atom stereocenters. The fourth-order valence-corrected chi connectivity index (χ4v) is 4.53. The third kappa shape index (κ3) is 4.76. The molecule has 0 aliphatic heterocycles. The average Bonchev–Trinajstić information content (AvgIpc) is 3.20. The van der Waals surface area contributed by atoms with Crippen LogP contribution in [0.2, 0.25) is 0 Å². The molecule has 0 bridgehead atoms. The number of aromatic hydroxyl groups is 1. The van der Waals surface area contributed by atoms with Crippen molar-refractivity contribution in [1.82, 2.24) is 4.72 Å². The number of nitrogens with one attached hydrogen (secondary N) is 2. The lowest BCUT2D eigenvalue weighted by molar-refractivity contribution is -0.386. The highest BCUT2D eigenvalue weighted by Gasteiger charge is 2.22. The fourth-order valence-electron chi connectivity index (χ4n) is 2.42. The average molecular weight is 453 g/mol. The van der Waals surface area contributed by atoms with E-state index < -0.39 is 41.3 Å². The van der Waals surface area contributed by atoms with Crippen molar-refractivity contribution in [1.29, 1.82) is 0 Å². The second-order valence-corrected chi connectivity index (χ2v) is 9.39. The molecule has 3 N–H and O–H groups in total. The molecule has 3 aromatic rings. The van der Waals surface area contributed by atoms with Gasteiger partial charge in [-0.25, -0.2) is 21.6 Å². The summed E-state index contributed by atoms with van der Waals surface area (Å²) >= 11 is 0. The van der Waals surface area contributed by atoms with Crippen LogP contribution in [-0.2, 0) is 26.6 Å². The number of anilines is 1. The number of nitro benzene ring substituents is 1. The Bertz CT molecular complexity index is 1290. The Morgan fingerprint density at radius 2 is 1.70 bits per heavy atom. The van der Waals surface area contributed by atoms with Crippen LogP contribution in [0.1, 0.15) is 5.76 Å². The van der Waals surface area contributed by atoms with Crippen LogP contribution in [0.25, 0.3) is 0 Å². The minimum absolute atomic E-state index is 0.0772. The molecule has 1 aromatic heterocycles. The third-order valence-corrected chi connectivity index (χ3v) is 6.64. The summed E-state index contributed by atoms with van der Waals surface area (Å²) in [7, 11) is -8.26. The number of benzene rings is 2. The number of sulfonamides is 2. The van der Waals surface area contributed by atoms with Gasteiger partial charge in [0.15, 0.2) is 5.75 Å². The molecule has 0 atom stereocenters. The van der Waals surface area contributed by atoms with Crippen molar-refractivity contribution in [3.8, 4) is 5.75 Å². The van der Waals surface area contributed by atoms with Crippen LogP contribution in [0.5, 0.6) is 5.75 Å². The largest absolute Gasteiger partial charge is 0.502 e. The number of nitro groups is 1. The number of phenolic OH excluding ortho intramolecular Hbond substituents is 1. The zero-order valence-electron chi connectivity index (χ0n) is 15.0. The normalized spacial score (nSPS) is 11.9. The van der Waals surface area contributed by atoms with Crippen molar-refractivity contribution >= 4 is 31.4 Å². The maximum absolute atomic E-state index is 12.5. The van der Waals surface area contributed by atoms with E-state index in [1.807, 2.05) is 0 Å². The van der Waals surface area contributed by atoms with E-state index in [2.05, 4.69) is 9.44 Å². The summed E-state index contributed by atoms with van der Waals surface area (Å²) in [6.07, 6.45) is 1.40. The lowest BCUT2D eigenvalue weighted by Gasteiger charge is -2.11. The van der Waals surface area contributed by atoms with Crippen molar-refractivity contribution in [3.63, 3.8) is 0 Å². The van der Waals surface area contributed by atoms with Gasteiger partial charge in [0.2, 0.25) is 10.0 Å². The summed E-state index contributed by atoms with van der Waals surface area (Å²) in [5, 5.41) is 20.4. The van der Waals surface area contributed by atoms with E-state index >= 15 is 0 Å². The van der Waals surface area contributed by atoms with E-state index in [-0.39, 0.29) is 17.1 Å². The maximum Gasteiger partial charge on any atom is 0.312 e. The highest BCUT2D eigenvalue weighted by atomic mass is 32.2. The van der Waals surface area contributed by atoms with Crippen LogP contribution < -0.4 is 9.44 Å². The molecule has 13 heteroatoms. The molecule has 2 aromatic carbocycles. The van der Waals surface area contributed by atoms with Gasteiger partial charge in [0, 0.05) is 6.07 Å². The summed E-state index contributed by atoms with van der Waals surface area (Å²) in [6, 6.07) is 10.8. The zero-order chi connectivity index (χ0) is 21.9. The minimum Gasteiger partial charge on any atom is -0.502 e. The third-order valence-electron chi connectivity index (χ3n) is 3.87. The van der Waals surface area contributed by atoms with E-state index in [1.54, 1.807) is 12.1 Å². The van der Waals surface area contributed by atoms with Crippen molar-refractivity contribution in [3.05, 3.63) is 76.7 Å². The summed E-state index contributed by atoms with van der Waals surface area (Å²) < 4.78 is 59.5. The number of nitrogens with zero attached hydrogens (tertiary/aromatic N) is 1. The Morgan fingerprint density at radius 1 is 0.967 bits per heavy atom. The topological polar surface area (TPSA) is 169 Å². The van der Waals surface area contributed by atoms with Gasteiger partial charge >= 0.3 is 5.69 Å². The van der Waals surface area contributed by atoms with E-state index in [0.29, 0.717) is 11.8 Å². The van der Waals surface area contributed by atoms with Crippen molar-refractivity contribution in [2.75, 3.05) is 4.72 Å². The van der Waals surface area contributed by atoms with E-state index in [1.165, 1.54) is 24.5 Å². The Labute approximate surface area is 171 Å². The van der Waals surface area contributed by atoms with Gasteiger partial charge in [0.05, 0.1) is 33.2 Å². The summed E-state index contributed by atoms with van der Waals surface area (Å²) in [6.45, 7) is -0.0948. The number of hydrogen-bond acceptors (Lipinski definition) is 8. The van der Waals surface area contributed by atoms with Crippen LogP contribution in [0.3, 0.4) is 0 Å². The minimum atomic E-state index is -4.29. The Balaban J connectivity index is 1.84. The standard InChI is InChI=1S/C17H15N3O8S2/c21-17-7-6-15(10-16(17)20(22)23)30(26,27)19-12-3-1-5-14(9-12)29(24,25)18-11-13-4-2-8-28-13/h1-10,18-19,21H,11H2. The van der Waals surface area contributed by atoms with Gasteiger partial charge in [-0.1, -0.05) is 6.07 Å². The maximum atomic E-state index is 12.5. The van der Waals surface area contributed by atoms with E-state index in [9.17, 15) is 32.1 Å². The van der Waals surface area contributed by atoms with Gasteiger partial charge in [-0.3, -0.25) is 14.8 Å². The molecular weight excluding hydrogens is 438 g/mol. The quantitative estimate of drug-likeness (QED) is 0.344. The Hall–Kier alpha value is -3.42. The molecule has 0 saturated carbocycles. The smallest absolute Gasteiger partial charge is 0.312 e. The molecule has 0 saturated heterocycles. The van der Waals surface area contributed by atoms with Crippen LogP contribution in [0.15, 0.2) is 75.1 Å². The van der Waals surface area contributed by atoms with E-state index in [0.717, 1.165) is 18.2 Å². The van der Waals surface area contributed by atoms with Gasteiger partial charge in [-0.15, -0.1) is 0 Å². The Kier molecular flexibility index (Phi) is 5.78. The predicted octanol–water partition coefficient (Wildman–Crippen LogP) is 2.17. The molecule has 11 nitrogen and oxygen atoms in total. The van der Waals surface area contributed by atoms with Crippen LogP contribution in [0.4, 0.5) is 11.4 Å². The molecule has 30 heavy (non-hydrogen) atoms. The predicted molar refractivity (Wildman–Crippen MR) is 105 cm³/mol. The first-order chi connectivity index (χ1) is 14.1. The fraction of sp³-hybridized carbons (Fsp3) is 0.0588. The molecule has 0 aliphatic rings. The van der Waals surface area contributed by atoms with Crippen LogP contribution >= 0.6 is 0 Å². The monoisotopic (exact) mass is 453 g/mol. The molecular formula is C17H15N3O8S2. The molecule has 158 valence electrons. The van der Waals surface area contributed by atoms with E-state index in [4.69, 9.17) is 4.42 Å². The number of hydrogen-bond donors (Lipinski definition) is 3. The second kappa shape index (κ2) is 8.14. The molecule has 1 heterocycles. The highest BCUT2D eigenvalue weighted by Crippen LogP contribution is 2.29. The molecule has 0 amide bonds. The van der Waals surface area contributed by atoms with Crippen molar-refractivity contribution in [2.24, 2.45) is 0 Å². The van der Waals surface area contributed by atoms with Gasteiger partial charge < -0.3 is 9.52 Å². The number of phenols is 1. The highest BCUT2D eigenvalue weighted by molar-refractivity contribution is 7.92. The number of furan rings is 1. The van der Waals surface area contributed by atoms with Gasteiger partial charge in [-0.05, 0) is 42.5 Å². The SMILES string of the molecule is O=[N+]([O-])c1cc(S(=O)(=O)Nc2cccc(S(=O)(=O)NCc3ccco3)c2)ccc1O. The summed E-state index contributed by atoms with van der Waals surface area (Å²) in [5.41, 5.74) is -0.858. The van der Waals surface area contributed by atoms with Gasteiger partial charge in [0.25, 0.3) is 10.0 Å². The molecule has 0 fully saturated rings. The molecule has 0 aliphatic carbocycles. The summed E-state index contributed by atoms with van der Waals surface area (Å²) in [4.78, 5) is 9.31. The van der Waals surface area contributed by atoms with Gasteiger partial charge in [-0.2, -0.15) is 0 Å². The first-order valence-corrected chi connectivity index (χ1v) is 11.2. The van der Waals surface area contributed by atoms with Crippen LogP contribution in [-0.4, -0.2) is 26.9 Å². The lowest BCUT2D eigenvalue weighted by Crippen LogP contribution is -2.23.